The Balaban J connectivity index is 2.00. The van der Waals surface area contributed by atoms with Crippen LogP contribution in [0.2, 0.25) is 0 Å². The molecule has 88 valence electrons. The summed E-state index contributed by atoms with van der Waals surface area (Å²) in [4.78, 5) is 4.43. The van der Waals surface area contributed by atoms with Gasteiger partial charge < -0.3 is 10.2 Å². The highest BCUT2D eigenvalue weighted by Gasteiger charge is 2.20. The largest absolute Gasteiger partial charge is 0.508 e. The summed E-state index contributed by atoms with van der Waals surface area (Å²) in [6.45, 7) is 0.501. The highest BCUT2D eigenvalue weighted by Crippen LogP contribution is 2.22. The third-order valence-electron chi connectivity index (χ3n) is 2.94. The highest BCUT2D eigenvalue weighted by molar-refractivity contribution is 5.56. The van der Waals surface area contributed by atoms with Crippen molar-refractivity contribution in [2.75, 3.05) is 0 Å². The van der Waals surface area contributed by atoms with Crippen molar-refractivity contribution in [2.45, 2.75) is 25.5 Å². The van der Waals surface area contributed by atoms with Crippen molar-refractivity contribution in [3.63, 3.8) is 0 Å². The first-order valence-electron chi connectivity index (χ1n) is 5.63. The Morgan fingerprint density at radius 1 is 1.35 bits per heavy atom. The first kappa shape index (κ1) is 10.3. The minimum atomic E-state index is -0.332. The molecule has 1 aromatic carbocycles. The van der Waals surface area contributed by atoms with Crippen molar-refractivity contribution in [3.8, 4) is 17.1 Å². The van der Waals surface area contributed by atoms with Crippen LogP contribution >= 0.6 is 0 Å². The van der Waals surface area contributed by atoms with Crippen LogP contribution in [0.15, 0.2) is 24.3 Å². The molecule has 0 spiro atoms. The van der Waals surface area contributed by atoms with Gasteiger partial charge in [0.05, 0.1) is 12.6 Å². The maximum absolute atomic E-state index is 9.55. The molecule has 0 saturated heterocycles. The molecule has 1 unspecified atom stereocenters. The number of rotatable bonds is 1. The minimum Gasteiger partial charge on any atom is -0.508 e. The zero-order valence-electron chi connectivity index (χ0n) is 9.24. The van der Waals surface area contributed by atoms with Gasteiger partial charge >= 0.3 is 0 Å². The number of aromatic nitrogens is 3. The molecule has 2 N–H and O–H groups in total. The Labute approximate surface area is 98.4 Å². The van der Waals surface area contributed by atoms with Crippen LogP contribution in [0.3, 0.4) is 0 Å². The Morgan fingerprint density at radius 2 is 2.24 bits per heavy atom. The molecule has 2 heterocycles. The fourth-order valence-corrected chi connectivity index (χ4v) is 2.06. The van der Waals surface area contributed by atoms with E-state index in [0.29, 0.717) is 12.4 Å². The van der Waals surface area contributed by atoms with E-state index in [9.17, 15) is 10.2 Å². The monoisotopic (exact) mass is 231 g/mol. The Bertz CT molecular complexity index is 550. The van der Waals surface area contributed by atoms with E-state index < -0.39 is 0 Å². The number of aliphatic hydroxyl groups excluding tert-OH is 1. The molecule has 1 aliphatic heterocycles. The molecular weight excluding hydrogens is 218 g/mol. The lowest BCUT2D eigenvalue weighted by Gasteiger charge is -2.16. The Hall–Kier alpha value is -1.88. The van der Waals surface area contributed by atoms with Gasteiger partial charge in [0, 0.05) is 12.0 Å². The van der Waals surface area contributed by atoms with Crippen LogP contribution in [0.5, 0.6) is 5.75 Å². The second-order valence-corrected chi connectivity index (χ2v) is 4.28. The fraction of sp³-hybridized carbons (Fsp3) is 0.333. The second kappa shape index (κ2) is 3.85. The van der Waals surface area contributed by atoms with E-state index in [4.69, 9.17) is 0 Å². The topological polar surface area (TPSA) is 71.2 Å². The third kappa shape index (κ3) is 1.89. The lowest BCUT2D eigenvalue weighted by atomic mass is 10.1. The van der Waals surface area contributed by atoms with E-state index in [-0.39, 0.29) is 11.9 Å². The maximum atomic E-state index is 9.55. The number of aromatic hydroxyl groups is 1. The Morgan fingerprint density at radius 3 is 3.06 bits per heavy atom. The van der Waals surface area contributed by atoms with Gasteiger partial charge in [0.25, 0.3) is 0 Å². The smallest absolute Gasteiger partial charge is 0.181 e. The third-order valence-corrected chi connectivity index (χ3v) is 2.94. The number of hydrogen-bond donors (Lipinski definition) is 2. The number of phenolic OH excluding ortho intramolecular Hbond substituents is 1. The summed E-state index contributed by atoms with van der Waals surface area (Å²) in [5, 5.41) is 23.3. The molecule has 0 fully saturated rings. The van der Waals surface area contributed by atoms with E-state index in [0.717, 1.165) is 24.2 Å². The van der Waals surface area contributed by atoms with Gasteiger partial charge in [-0.15, -0.1) is 0 Å². The first-order chi connectivity index (χ1) is 8.22. The van der Waals surface area contributed by atoms with Crippen LogP contribution in [0.1, 0.15) is 12.2 Å². The molecule has 0 amide bonds. The minimum absolute atomic E-state index is 0.204. The summed E-state index contributed by atoms with van der Waals surface area (Å²) in [6, 6.07) is 6.87. The van der Waals surface area contributed by atoms with Gasteiger partial charge in [-0.2, -0.15) is 5.10 Å². The molecule has 0 radical (unpaired) electrons. The maximum Gasteiger partial charge on any atom is 0.181 e. The zero-order valence-corrected chi connectivity index (χ0v) is 9.24. The van der Waals surface area contributed by atoms with Gasteiger partial charge in [-0.25, -0.2) is 9.67 Å². The lowest BCUT2D eigenvalue weighted by molar-refractivity contribution is 0.124. The molecule has 1 atom stereocenters. The van der Waals surface area contributed by atoms with Crippen LogP contribution in [0.25, 0.3) is 11.4 Å². The van der Waals surface area contributed by atoms with Crippen LogP contribution in [-0.2, 0) is 13.0 Å². The SMILES string of the molecule is Oc1cccc(-c2nc3n(n2)CC(O)CC3)c1. The van der Waals surface area contributed by atoms with Crippen LogP contribution in [0.4, 0.5) is 0 Å². The molecule has 1 aromatic heterocycles. The van der Waals surface area contributed by atoms with E-state index in [2.05, 4.69) is 10.1 Å². The molecule has 1 aliphatic rings. The normalized spacial score (nSPS) is 19.0. The molecular formula is C12H13N3O2. The summed E-state index contributed by atoms with van der Waals surface area (Å²) in [6.07, 6.45) is 1.15. The standard InChI is InChI=1S/C12H13N3O2/c16-9-3-1-2-8(6-9)12-13-11-5-4-10(17)7-15(11)14-12/h1-3,6,10,16-17H,4-5,7H2. The zero-order chi connectivity index (χ0) is 11.8. The first-order valence-corrected chi connectivity index (χ1v) is 5.63. The summed E-state index contributed by atoms with van der Waals surface area (Å²) in [5.41, 5.74) is 0.793. The number of benzene rings is 1. The summed E-state index contributed by atoms with van der Waals surface area (Å²) in [5.74, 6) is 1.70. The second-order valence-electron chi connectivity index (χ2n) is 4.28. The van der Waals surface area contributed by atoms with E-state index in [1.165, 1.54) is 0 Å². The van der Waals surface area contributed by atoms with Gasteiger partial charge in [-0.05, 0) is 18.6 Å². The summed E-state index contributed by atoms with van der Waals surface area (Å²) >= 11 is 0. The van der Waals surface area contributed by atoms with E-state index in [1.807, 2.05) is 6.07 Å². The van der Waals surface area contributed by atoms with E-state index in [1.54, 1.807) is 22.9 Å². The number of aryl methyl sites for hydroxylation is 1. The van der Waals surface area contributed by atoms with Gasteiger partial charge in [-0.1, -0.05) is 12.1 Å². The predicted molar refractivity (Wildman–Crippen MR) is 61.5 cm³/mol. The van der Waals surface area contributed by atoms with E-state index >= 15 is 0 Å². The molecule has 5 nitrogen and oxygen atoms in total. The Kier molecular flexibility index (Phi) is 2.33. The average Bonchev–Trinajstić information content (AvgIpc) is 2.72. The predicted octanol–water partition coefficient (Wildman–Crippen LogP) is 0.958. The lowest BCUT2D eigenvalue weighted by Crippen LogP contribution is -2.25. The van der Waals surface area contributed by atoms with Crippen molar-refractivity contribution in [3.05, 3.63) is 30.1 Å². The molecule has 17 heavy (non-hydrogen) atoms. The molecule has 0 saturated carbocycles. The number of aliphatic hydroxyl groups is 1. The van der Waals surface area contributed by atoms with Gasteiger partial charge in [0.2, 0.25) is 0 Å². The number of nitrogens with zero attached hydrogens (tertiary/aromatic N) is 3. The molecule has 2 aromatic rings. The van der Waals surface area contributed by atoms with Crippen LogP contribution in [0, 0.1) is 0 Å². The van der Waals surface area contributed by atoms with Crippen LogP contribution in [-0.4, -0.2) is 31.1 Å². The quantitative estimate of drug-likeness (QED) is 0.766. The number of phenols is 1. The molecule has 5 heteroatoms. The summed E-state index contributed by atoms with van der Waals surface area (Å²) in [7, 11) is 0. The summed E-state index contributed by atoms with van der Waals surface area (Å²) < 4.78 is 1.74. The molecule has 3 rings (SSSR count). The van der Waals surface area contributed by atoms with Crippen LogP contribution < -0.4 is 0 Å². The fourth-order valence-electron chi connectivity index (χ4n) is 2.06. The van der Waals surface area contributed by atoms with Crippen molar-refractivity contribution in [2.24, 2.45) is 0 Å². The average molecular weight is 231 g/mol. The molecule has 0 aliphatic carbocycles. The number of fused-ring (bicyclic) bond motifs is 1. The van der Waals surface area contributed by atoms with Crippen molar-refractivity contribution < 1.29 is 10.2 Å². The van der Waals surface area contributed by atoms with Gasteiger partial charge in [0.1, 0.15) is 11.6 Å². The highest BCUT2D eigenvalue weighted by atomic mass is 16.3. The van der Waals surface area contributed by atoms with Crippen molar-refractivity contribution in [1.29, 1.82) is 0 Å². The van der Waals surface area contributed by atoms with Crippen molar-refractivity contribution in [1.82, 2.24) is 14.8 Å². The van der Waals surface area contributed by atoms with Crippen molar-refractivity contribution >= 4 is 0 Å². The molecule has 0 bridgehead atoms. The van der Waals surface area contributed by atoms with Gasteiger partial charge in [-0.3, -0.25) is 0 Å². The number of hydrogen-bond acceptors (Lipinski definition) is 4. The van der Waals surface area contributed by atoms with Gasteiger partial charge in [0.15, 0.2) is 5.82 Å².